The maximum atomic E-state index is 12.3. The maximum Gasteiger partial charge on any atom is 0.330 e. The molecule has 0 aliphatic heterocycles. The van der Waals surface area contributed by atoms with Gasteiger partial charge < -0.3 is 9.30 Å². The van der Waals surface area contributed by atoms with E-state index in [9.17, 15) is 14.4 Å². The molecule has 0 bridgehead atoms. The van der Waals surface area contributed by atoms with E-state index in [0.29, 0.717) is 13.0 Å². The molecule has 108 valence electrons. The van der Waals surface area contributed by atoms with Gasteiger partial charge in [0.2, 0.25) is 0 Å². The number of aromatic amines is 1. The number of H-pyrrole nitrogens is 1. The standard InChI is InChI=1S/C12H16N4O4/c1-3-5-16-11(18)9-10(14-12(16)19)13-7-15(9)6-8(17)20-4-2/h7H,3-6H2,1-2H3,(H,14,19). The van der Waals surface area contributed by atoms with E-state index in [4.69, 9.17) is 4.74 Å². The summed E-state index contributed by atoms with van der Waals surface area (Å²) in [7, 11) is 0. The molecule has 2 rings (SSSR count). The van der Waals surface area contributed by atoms with Gasteiger partial charge in [-0.3, -0.25) is 19.1 Å². The van der Waals surface area contributed by atoms with Crippen molar-refractivity contribution in [3.05, 3.63) is 27.2 Å². The van der Waals surface area contributed by atoms with Gasteiger partial charge in [-0.2, -0.15) is 0 Å². The number of imidazole rings is 1. The number of carbonyl (C=O) groups is 1. The van der Waals surface area contributed by atoms with Crippen LogP contribution in [0.5, 0.6) is 0 Å². The Kier molecular flexibility index (Phi) is 4.02. The zero-order valence-electron chi connectivity index (χ0n) is 11.4. The van der Waals surface area contributed by atoms with Crippen LogP contribution in [-0.4, -0.2) is 31.7 Å². The molecule has 20 heavy (non-hydrogen) atoms. The van der Waals surface area contributed by atoms with Crippen LogP contribution in [0.3, 0.4) is 0 Å². The zero-order chi connectivity index (χ0) is 14.7. The highest BCUT2D eigenvalue weighted by atomic mass is 16.5. The fourth-order valence-electron chi connectivity index (χ4n) is 1.98. The Morgan fingerprint density at radius 3 is 2.80 bits per heavy atom. The lowest BCUT2D eigenvalue weighted by Gasteiger charge is -2.05. The fraction of sp³-hybridized carbons (Fsp3) is 0.500. The minimum atomic E-state index is -0.495. The minimum absolute atomic E-state index is 0.113. The number of hydrogen-bond donors (Lipinski definition) is 1. The van der Waals surface area contributed by atoms with Gasteiger partial charge in [0.05, 0.1) is 12.9 Å². The van der Waals surface area contributed by atoms with Crippen molar-refractivity contribution in [2.75, 3.05) is 6.61 Å². The van der Waals surface area contributed by atoms with Crippen molar-refractivity contribution < 1.29 is 9.53 Å². The normalized spacial score (nSPS) is 10.9. The fourth-order valence-corrected chi connectivity index (χ4v) is 1.98. The molecule has 1 N–H and O–H groups in total. The third-order valence-electron chi connectivity index (χ3n) is 2.81. The second-order valence-electron chi connectivity index (χ2n) is 4.26. The molecule has 0 aliphatic rings. The average molecular weight is 280 g/mol. The lowest BCUT2D eigenvalue weighted by molar-refractivity contribution is -0.143. The number of rotatable bonds is 5. The summed E-state index contributed by atoms with van der Waals surface area (Å²) in [4.78, 5) is 42.0. The summed E-state index contributed by atoms with van der Waals surface area (Å²) < 4.78 is 7.33. The molecule has 8 nitrogen and oxygen atoms in total. The second kappa shape index (κ2) is 5.72. The lowest BCUT2D eigenvalue weighted by Crippen LogP contribution is -2.35. The van der Waals surface area contributed by atoms with E-state index in [1.54, 1.807) is 6.92 Å². The van der Waals surface area contributed by atoms with E-state index in [2.05, 4.69) is 9.97 Å². The molecule has 0 amide bonds. The summed E-state index contributed by atoms with van der Waals surface area (Å²) in [6, 6.07) is 0. The van der Waals surface area contributed by atoms with Gasteiger partial charge in [-0.25, -0.2) is 9.78 Å². The predicted molar refractivity (Wildman–Crippen MR) is 71.5 cm³/mol. The van der Waals surface area contributed by atoms with Gasteiger partial charge in [0.1, 0.15) is 6.54 Å². The minimum Gasteiger partial charge on any atom is -0.465 e. The summed E-state index contributed by atoms with van der Waals surface area (Å²) in [5.74, 6) is -0.459. The first-order valence-corrected chi connectivity index (χ1v) is 6.42. The van der Waals surface area contributed by atoms with Crippen molar-refractivity contribution in [1.82, 2.24) is 19.1 Å². The topological polar surface area (TPSA) is 99.0 Å². The Hall–Kier alpha value is -2.38. The molecular weight excluding hydrogens is 264 g/mol. The van der Waals surface area contributed by atoms with Gasteiger partial charge in [0, 0.05) is 6.54 Å². The van der Waals surface area contributed by atoms with Gasteiger partial charge in [0.15, 0.2) is 11.2 Å². The van der Waals surface area contributed by atoms with Crippen LogP contribution in [0.25, 0.3) is 11.2 Å². The first kappa shape index (κ1) is 14.0. The van der Waals surface area contributed by atoms with Crippen LogP contribution in [0, 0.1) is 0 Å². The molecular formula is C12H16N4O4. The van der Waals surface area contributed by atoms with E-state index in [-0.39, 0.29) is 24.3 Å². The summed E-state index contributed by atoms with van der Waals surface area (Å²) >= 11 is 0. The van der Waals surface area contributed by atoms with Crippen LogP contribution in [0.1, 0.15) is 20.3 Å². The summed E-state index contributed by atoms with van der Waals surface area (Å²) in [6.45, 7) is 4.04. The number of esters is 1. The SMILES string of the molecule is CCCn1c(=O)[nH]c2ncn(CC(=O)OCC)c2c1=O. The zero-order valence-corrected chi connectivity index (χ0v) is 11.4. The molecule has 0 aliphatic carbocycles. The number of ether oxygens (including phenoxy) is 1. The largest absolute Gasteiger partial charge is 0.465 e. The van der Waals surface area contributed by atoms with Crippen molar-refractivity contribution in [2.45, 2.75) is 33.4 Å². The molecule has 0 saturated carbocycles. The first-order chi connectivity index (χ1) is 9.58. The Labute approximate surface area is 114 Å². The number of carbonyl (C=O) groups excluding carboxylic acids is 1. The molecule has 0 fully saturated rings. The van der Waals surface area contributed by atoms with Gasteiger partial charge in [0.25, 0.3) is 5.56 Å². The molecule has 0 atom stereocenters. The van der Waals surface area contributed by atoms with Crippen LogP contribution < -0.4 is 11.2 Å². The first-order valence-electron chi connectivity index (χ1n) is 6.42. The summed E-state index contributed by atoms with van der Waals surface area (Å²) in [6.07, 6.45) is 2.00. The van der Waals surface area contributed by atoms with Crippen LogP contribution >= 0.6 is 0 Å². The van der Waals surface area contributed by atoms with Gasteiger partial charge in [-0.15, -0.1) is 0 Å². The van der Waals surface area contributed by atoms with E-state index in [0.717, 1.165) is 4.57 Å². The van der Waals surface area contributed by atoms with Gasteiger partial charge in [-0.1, -0.05) is 6.92 Å². The number of nitrogens with one attached hydrogen (secondary N) is 1. The highest BCUT2D eigenvalue weighted by Gasteiger charge is 2.14. The van der Waals surface area contributed by atoms with Crippen LogP contribution in [0.4, 0.5) is 0 Å². The van der Waals surface area contributed by atoms with Gasteiger partial charge >= 0.3 is 11.7 Å². The molecule has 0 radical (unpaired) electrons. The Morgan fingerprint density at radius 2 is 2.15 bits per heavy atom. The second-order valence-corrected chi connectivity index (χ2v) is 4.26. The third-order valence-corrected chi connectivity index (χ3v) is 2.81. The molecule has 2 heterocycles. The molecule has 2 aromatic heterocycles. The summed E-state index contributed by atoms with van der Waals surface area (Å²) in [5, 5.41) is 0. The molecule has 0 saturated heterocycles. The highest BCUT2D eigenvalue weighted by Crippen LogP contribution is 2.03. The highest BCUT2D eigenvalue weighted by molar-refractivity contribution is 5.74. The number of fused-ring (bicyclic) bond motifs is 1. The van der Waals surface area contributed by atoms with Crippen LogP contribution in [0.15, 0.2) is 15.9 Å². The molecule has 8 heteroatoms. The lowest BCUT2D eigenvalue weighted by atomic mass is 10.4. The van der Waals surface area contributed by atoms with E-state index in [1.165, 1.54) is 10.9 Å². The molecule has 0 aromatic carbocycles. The smallest absolute Gasteiger partial charge is 0.330 e. The Bertz CT molecular complexity index is 740. The molecule has 0 spiro atoms. The third kappa shape index (κ3) is 2.49. The number of hydrogen-bond acceptors (Lipinski definition) is 5. The Balaban J connectivity index is 2.53. The van der Waals surface area contributed by atoms with Crippen molar-refractivity contribution in [3.63, 3.8) is 0 Å². The predicted octanol–water partition coefficient (Wildman–Crippen LogP) is -0.141. The van der Waals surface area contributed by atoms with E-state index >= 15 is 0 Å². The van der Waals surface area contributed by atoms with Gasteiger partial charge in [-0.05, 0) is 13.3 Å². The van der Waals surface area contributed by atoms with Crippen molar-refractivity contribution in [2.24, 2.45) is 0 Å². The molecule has 2 aromatic rings. The summed E-state index contributed by atoms with van der Waals surface area (Å²) in [5.41, 5.74) is -0.569. The number of nitrogens with zero attached hydrogens (tertiary/aromatic N) is 3. The van der Waals surface area contributed by atoms with Crippen LogP contribution in [0.2, 0.25) is 0 Å². The average Bonchev–Trinajstić information content (AvgIpc) is 2.77. The van der Waals surface area contributed by atoms with Crippen molar-refractivity contribution in [1.29, 1.82) is 0 Å². The van der Waals surface area contributed by atoms with Crippen molar-refractivity contribution >= 4 is 17.1 Å². The van der Waals surface area contributed by atoms with Crippen molar-refractivity contribution in [3.8, 4) is 0 Å². The van der Waals surface area contributed by atoms with Crippen LogP contribution in [-0.2, 0) is 22.6 Å². The maximum absolute atomic E-state index is 12.3. The monoisotopic (exact) mass is 280 g/mol. The van der Waals surface area contributed by atoms with E-state index < -0.39 is 17.2 Å². The molecule has 0 unspecified atom stereocenters. The Morgan fingerprint density at radius 1 is 1.40 bits per heavy atom. The quantitative estimate of drug-likeness (QED) is 0.768. The number of aromatic nitrogens is 4. The van der Waals surface area contributed by atoms with E-state index in [1.807, 2.05) is 6.92 Å².